The van der Waals surface area contributed by atoms with E-state index in [1.54, 1.807) is 0 Å². The maximum Gasteiger partial charge on any atom is 0.303 e. The molecule has 3 nitrogen and oxygen atoms in total. The van der Waals surface area contributed by atoms with Crippen LogP contribution in [-0.4, -0.2) is 16.2 Å². The molecule has 3 heteroatoms. The van der Waals surface area contributed by atoms with Gasteiger partial charge in [0.1, 0.15) is 5.75 Å². The Kier molecular flexibility index (Phi) is 15.2. The molecule has 0 saturated heterocycles. The highest BCUT2D eigenvalue weighted by atomic mass is 16.4. The quantitative estimate of drug-likeness (QED) is 0.215. The zero-order valence-electron chi connectivity index (χ0n) is 20.6. The molecule has 1 aromatic carbocycles. The van der Waals surface area contributed by atoms with Gasteiger partial charge in [-0.1, -0.05) is 115 Å². The number of rotatable bonds is 19. The summed E-state index contributed by atoms with van der Waals surface area (Å²) in [4.78, 5) is 11.3. The molecule has 1 atom stereocenters. The molecule has 0 amide bonds. The summed E-state index contributed by atoms with van der Waals surface area (Å²) in [6.45, 7) is 6.05. The number of carbonyl (C=O) groups is 1. The predicted octanol–water partition coefficient (Wildman–Crippen LogP) is 8.83. The summed E-state index contributed by atoms with van der Waals surface area (Å²) in [5.41, 5.74) is 2.73. The summed E-state index contributed by atoms with van der Waals surface area (Å²) < 4.78 is 0. The summed E-state index contributed by atoms with van der Waals surface area (Å²) in [6.07, 6.45) is 21.2. The van der Waals surface area contributed by atoms with Crippen molar-refractivity contribution in [2.24, 2.45) is 0 Å². The van der Waals surface area contributed by atoms with Crippen molar-refractivity contribution in [2.45, 2.75) is 136 Å². The number of carboxylic acids is 1. The molecule has 1 unspecified atom stereocenters. The predicted molar refractivity (Wildman–Crippen MR) is 132 cm³/mol. The first kappa shape index (κ1) is 27.5. The van der Waals surface area contributed by atoms with Crippen LogP contribution in [-0.2, 0) is 4.79 Å². The molecule has 0 radical (unpaired) electrons. The fraction of sp³-hybridized carbons (Fsp3) is 0.750. The lowest BCUT2D eigenvalue weighted by molar-refractivity contribution is -0.137. The highest BCUT2D eigenvalue weighted by Crippen LogP contribution is 2.32. The van der Waals surface area contributed by atoms with Crippen LogP contribution in [0, 0.1) is 13.8 Å². The average molecular weight is 433 g/mol. The Morgan fingerprint density at radius 3 is 1.52 bits per heavy atom. The second-order valence-electron chi connectivity index (χ2n) is 9.54. The number of aryl methyl sites for hydroxylation is 2. The summed E-state index contributed by atoms with van der Waals surface area (Å²) >= 11 is 0. The lowest BCUT2D eigenvalue weighted by Gasteiger charge is -2.17. The highest BCUT2D eigenvalue weighted by Gasteiger charge is 2.17. The van der Waals surface area contributed by atoms with E-state index in [1.165, 1.54) is 89.9 Å². The van der Waals surface area contributed by atoms with Gasteiger partial charge in [-0.3, -0.25) is 4.79 Å². The van der Waals surface area contributed by atoms with Gasteiger partial charge >= 0.3 is 5.97 Å². The van der Waals surface area contributed by atoms with Crippen LogP contribution in [0.5, 0.6) is 5.75 Å². The average Bonchev–Trinajstić information content (AvgIpc) is 2.73. The van der Waals surface area contributed by atoms with Crippen molar-refractivity contribution in [1.82, 2.24) is 0 Å². The highest BCUT2D eigenvalue weighted by molar-refractivity contribution is 5.68. The largest absolute Gasteiger partial charge is 0.507 e. The van der Waals surface area contributed by atoms with Gasteiger partial charge < -0.3 is 10.2 Å². The molecule has 0 heterocycles. The van der Waals surface area contributed by atoms with Gasteiger partial charge in [0.25, 0.3) is 0 Å². The smallest absolute Gasteiger partial charge is 0.303 e. The SMILES string of the molecule is CCCCCCCCCCCCCCCCCC(CC(=O)O)c1cc(C)c(O)c(C)c1. The normalized spacial score (nSPS) is 12.2. The summed E-state index contributed by atoms with van der Waals surface area (Å²) in [5, 5.41) is 19.3. The van der Waals surface area contributed by atoms with Crippen LogP contribution in [0.4, 0.5) is 0 Å². The van der Waals surface area contributed by atoms with E-state index in [4.69, 9.17) is 0 Å². The number of aromatic hydroxyl groups is 1. The molecule has 1 rings (SSSR count). The Bertz CT molecular complexity index is 585. The van der Waals surface area contributed by atoms with Crippen LogP contribution >= 0.6 is 0 Å². The molecule has 0 saturated carbocycles. The Labute approximate surface area is 191 Å². The second kappa shape index (κ2) is 17.1. The first-order chi connectivity index (χ1) is 15.0. The van der Waals surface area contributed by atoms with Crippen LogP contribution < -0.4 is 0 Å². The van der Waals surface area contributed by atoms with Crippen molar-refractivity contribution in [3.8, 4) is 5.75 Å². The molecule has 0 aliphatic carbocycles. The molecule has 0 spiro atoms. The van der Waals surface area contributed by atoms with E-state index in [1.807, 2.05) is 26.0 Å². The van der Waals surface area contributed by atoms with Gasteiger partial charge in [-0.05, 0) is 42.9 Å². The van der Waals surface area contributed by atoms with Crippen molar-refractivity contribution >= 4 is 5.97 Å². The minimum absolute atomic E-state index is 0.0393. The monoisotopic (exact) mass is 432 g/mol. The van der Waals surface area contributed by atoms with Crippen LogP contribution in [0.3, 0.4) is 0 Å². The van der Waals surface area contributed by atoms with Crippen molar-refractivity contribution in [3.05, 3.63) is 28.8 Å². The van der Waals surface area contributed by atoms with Gasteiger partial charge in [-0.15, -0.1) is 0 Å². The van der Waals surface area contributed by atoms with Crippen LogP contribution in [0.2, 0.25) is 0 Å². The number of phenolic OH excluding ortho intramolecular Hbond substituents is 1. The van der Waals surface area contributed by atoms with Gasteiger partial charge in [0.15, 0.2) is 0 Å². The molecule has 0 aliphatic heterocycles. The Hall–Kier alpha value is -1.51. The lowest BCUT2D eigenvalue weighted by atomic mass is 9.88. The molecule has 2 N–H and O–H groups in total. The fourth-order valence-corrected chi connectivity index (χ4v) is 4.58. The van der Waals surface area contributed by atoms with Gasteiger partial charge in [0, 0.05) is 0 Å². The number of hydrogen-bond acceptors (Lipinski definition) is 2. The van der Waals surface area contributed by atoms with E-state index in [9.17, 15) is 15.0 Å². The zero-order valence-corrected chi connectivity index (χ0v) is 20.6. The van der Waals surface area contributed by atoms with E-state index in [0.29, 0.717) is 5.75 Å². The number of benzene rings is 1. The maximum atomic E-state index is 11.3. The first-order valence-corrected chi connectivity index (χ1v) is 13.0. The Balaban J connectivity index is 2.12. The molecular formula is C28H48O3. The van der Waals surface area contributed by atoms with Crippen molar-refractivity contribution in [3.63, 3.8) is 0 Å². The molecule has 1 aromatic rings. The number of aliphatic carboxylic acids is 1. The van der Waals surface area contributed by atoms with Crippen molar-refractivity contribution < 1.29 is 15.0 Å². The molecule has 0 aliphatic rings. The van der Waals surface area contributed by atoms with Crippen LogP contribution in [0.1, 0.15) is 139 Å². The number of phenols is 1. The molecular weight excluding hydrogens is 384 g/mol. The Morgan fingerprint density at radius 1 is 0.742 bits per heavy atom. The summed E-state index contributed by atoms with van der Waals surface area (Å²) in [7, 11) is 0. The van der Waals surface area contributed by atoms with E-state index >= 15 is 0 Å². The van der Waals surface area contributed by atoms with Crippen molar-refractivity contribution in [2.75, 3.05) is 0 Å². The summed E-state index contributed by atoms with van der Waals surface area (Å²) in [6, 6.07) is 3.92. The first-order valence-electron chi connectivity index (χ1n) is 13.0. The second-order valence-corrected chi connectivity index (χ2v) is 9.54. The van der Waals surface area contributed by atoms with E-state index in [-0.39, 0.29) is 12.3 Å². The third-order valence-electron chi connectivity index (χ3n) is 6.56. The minimum atomic E-state index is -0.741. The molecule has 31 heavy (non-hydrogen) atoms. The summed E-state index contributed by atoms with van der Waals surface area (Å²) in [5.74, 6) is -0.378. The zero-order chi connectivity index (χ0) is 22.9. The number of unbranched alkanes of at least 4 members (excludes halogenated alkanes) is 14. The molecule has 178 valence electrons. The van der Waals surface area contributed by atoms with Crippen LogP contribution in [0.25, 0.3) is 0 Å². The molecule has 0 aromatic heterocycles. The van der Waals surface area contributed by atoms with E-state index < -0.39 is 5.97 Å². The third-order valence-corrected chi connectivity index (χ3v) is 6.56. The van der Waals surface area contributed by atoms with Crippen LogP contribution in [0.15, 0.2) is 12.1 Å². The molecule has 0 fully saturated rings. The number of hydrogen-bond donors (Lipinski definition) is 2. The van der Waals surface area contributed by atoms with Gasteiger partial charge in [-0.2, -0.15) is 0 Å². The Morgan fingerprint density at radius 2 is 1.13 bits per heavy atom. The minimum Gasteiger partial charge on any atom is -0.507 e. The maximum absolute atomic E-state index is 11.3. The lowest BCUT2D eigenvalue weighted by Crippen LogP contribution is -2.07. The standard InChI is InChI=1S/C28H48O3/c1-4-5-6-7-8-9-10-11-12-13-14-15-16-17-18-19-25(22-27(29)30)26-20-23(2)28(31)24(3)21-26/h20-21,25,31H,4-19,22H2,1-3H3,(H,29,30). The van der Waals surface area contributed by atoms with E-state index in [2.05, 4.69) is 6.92 Å². The third kappa shape index (κ3) is 12.8. The van der Waals surface area contributed by atoms with Gasteiger partial charge in [-0.25, -0.2) is 0 Å². The fourth-order valence-electron chi connectivity index (χ4n) is 4.58. The topological polar surface area (TPSA) is 57.5 Å². The molecule has 0 bridgehead atoms. The number of carboxylic acid groups (broad SMARTS) is 1. The van der Waals surface area contributed by atoms with Gasteiger partial charge in [0.2, 0.25) is 0 Å². The van der Waals surface area contributed by atoms with E-state index in [0.717, 1.165) is 29.5 Å². The van der Waals surface area contributed by atoms with Crippen molar-refractivity contribution in [1.29, 1.82) is 0 Å². The van der Waals surface area contributed by atoms with Gasteiger partial charge in [0.05, 0.1) is 6.42 Å².